The molecule has 180 valence electrons. The van der Waals surface area contributed by atoms with E-state index in [2.05, 4.69) is 15.0 Å². The third-order valence-corrected chi connectivity index (χ3v) is 6.89. The molecule has 35 heavy (non-hydrogen) atoms. The maximum absolute atomic E-state index is 12.5. The summed E-state index contributed by atoms with van der Waals surface area (Å²) in [4.78, 5) is 42.2. The maximum atomic E-state index is 12.5. The van der Waals surface area contributed by atoms with Gasteiger partial charge in [-0.3, -0.25) is 24.0 Å². The summed E-state index contributed by atoms with van der Waals surface area (Å²) in [7, 11) is -3.79. The number of fused-ring (bicyclic) bond motifs is 1. The van der Waals surface area contributed by atoms with Crippen molar-refractivity contribution in [1.29, 1.82) is 0 Å². The quantitative estimate of drug-likeness (QED) is 0.329. The van der Waals surface area contributed by atoms with E-state index in [9.17, 15) is 22.8 Å². The summed E-state index contributed by atoms with van der Waals surface area (Å²) in [5.74, 6) is -0.533. The van der Waals surface area contributed by atoms with Crippen LogP contribution in [0, 0.1) is 0 Å². The maximum Gasteiger partial charge on any atom is 0.263 e. The zero-order valence-electron chi connectivity index (χ0n) is 18.8. The molecule has 10 heteroatoms. The van der Waals surface area contributed by atoms with Gasteiger partial charge < -0.3 is 5.32 Å². The van der Waals surface area contributed by atoms with Crippen LogP contribution in [0.2, 0.25) is 0 Å². The minimum absolute atomic E-state index is 0.0503. The SMILES string of the molecule is O=C(CCCCCN1C(=O)c2ccccc2C1=O)Nc1ccc(S(=O)(=O)Nc2ccccn2)cc1. The topological polar surface area (TPSA) is 126 Å². The lowest BCUT2D eigenvalue weighted by Crippen LogP contribution is -2.30. The fraction of sp³-hybridized carbons (Fsp3) is 0.200. The molecule has 0 fully saturated rings. The molecule has 0 saturated heterocycles. The van der Waals surface area contributed by atoms with Crippen molar-refractivity contribution in [3.63, 3.8) is 0 Å². The Hall–Kier alpha value is -4.05. The minimum Gasteiger partial charge on any atom is -0.326 e. The molecule has 1 aliphatic heterocycles. The highest BCUT2D eigenvalue weighted by Crippen LogP contribution is 2.23. The number of rotatable bonds is 10. The van der Waals surface area contributed by atoms with Crippen LogP contribution in [0.3, 0.4) is 0 Å². The number of imide groups is 1. The summed E-state index contributed by atoms with van der Waals surface area (Å²) in [6, 6.07) is 17.5. The van der Waals surface area contributed by atoms with Gasteiger partial charge in [0, 0.05) is 24.8 Å². The van der Waals surface area contributed by atoms with Crippen LogP contribution in [-0.2, 0) is 14.8 Å². The van der Waals surface area contributed by atoms with Gasteiger partial charge in [0.25, 0.3) is 21.8 Å². The Morgan fingerprint density at radius 2 is 1.49 bits per heavy atom. The summed E-state index contributed by atoms with van der Waals surface area (Å²) in [5.41, 5.74) is 1.35. The number of pyridine rings is 1. The van der Waals surface area contributed by atoms with Crippen molar-refractivity contribution in [1.82, 2.24) is 9.88 Å². The molecule has 0 atom stereocenters. The first-order valence-corrected chi connectivity index (χ1v) is 12.6. The van der Waals surface area contributed by atoms with E-state index >= 15 is 0 Å². The Morgan fingerprint density at radius 3 is 2.11 bits per heavy atom. The van der Waals surface area contributed by atoms with Crippen molar-refractivity contribution in [2.75, 3.05) is 16.6 Å². The predicted molar refractivity (Wildman–Crippen MR) is 130 cm³/mol. The summed E-state index contributed by atoms with van der Waals surface area (Å²) < 4.78 is 27.3. The number of amides is 3. The van der Waals surface area contributed by atoms with Gasteiger partial charge in [-0.05, 0) is 61.4 Å². The average molecular weight is 493 g/mol. The summed E-state index contributed by atoms with van der Waals surface area (Å²) in [6.07, 6.45) is 3.63. The normalized spacial score (nSPS) is 13.0. The molecule has 3 amide bonds. The Balaban J connectivity index is 1.20. The molecule has 0 spiro atoms. The van der Waals surface area contributed by atoms with Crippen molar-refractivity contribution < 1.29 is 22.8 Å². The number of unbranched alkanes of at least 4 members (excludes halogenated alkanes) is 2. The molecule has 0 saturated carbocycles. The molecule has 9 nitrogen and oxygen atoms in total. The zero-order valence-corrected chi connectivity index (χ0v) is 19.6. The van der Waals surface area contributed by atoms with Gasteiger partial charge in [-0.1, -0.05) is 24.6 Å². The van der Waals surface area contributed by atoms with Crippen molar-refractivity contribution in [3.8, 4) is 0 Å². The third-order valence-electron chi connectivity index (χ3n) is 5.52. The number of sulfonamides is 1. The first kappa shape index (κ1) is 24.1. The van der Waals surface area contributed by atoms with Gasteiger partial charge in [0.05, 0.1) is 16.0 Å². The van der Waals surface area contributed by atoms with Crippen LogP contribution in [-0.4, -0.2) is 42.6 Å². The number of benzene rings is 2. The van der Waals surface area contributed by atoms with Gasteiger partial charge in [0.15, 0.2) is 0 Å². The molecular formula is C25H24N4O5S. The molecule has 0 bridgehead atoms. The van der Waals surface area contributed by atoms with Crippen molar-refractivity contribution >= 4 is 39.3 Å². The zero-order chi connectivity index (χ0) is 24.8. The average Bonchev–Trinajstić information content (AvgIpc) is 3.09. The van der Waals surface area contributed by atoms with Crippen molar-refractivity contribution in [2.24, 2.45) is 0 Å². The molecule has 3 aromatic rings. The minimum atomic E-state index is -3.79. The van der Waals surface area contributed by atoms with E-state index < -0.39 is 10.0 Å². The van der Waals surface area contributed by atoms with Crippen LogP contribution >= 0.6 is 0 Å². The van der Waals surface area contributed by atoms with Gasteiger partial charge in [-0.25, -0.2) is 13.4 Å². The fourth-order valence-electron chi connectivity index (χ4n) is 3.74. The van der Waals surface area contributed by atoms with Crippen LogP contribution in [0.5, 0.6) is 0 Å². The number of nitrogens with zero attached hydrogens (tertiary/aromatic N) is 2. The number of hydrogen-bond acceptors (Lipinski definition) is 6. The van der Waals surface area contributed by atoms with Crippen LogP contribution in [0.4, 0.5) is 11.5 Å². The summed E-state index contributed by atoms with van der Waals surface area (Å²) in [5, 5.41) is 2.74. The summed E-state index contributed by atoms with van der Waals surface area (Å²) in [6.45, 7) is 0.316. The largest absolute Gasteiger partial charge is 0.326 e. The van der Waals surface area contributed by atoms with Gasteiger partial charge in [0.2, 0.25) is 5.91 Å². The molecule has 0 radical (unpaired) electrons. The van der Waals surface area contributed by atoms with Gasteiger partial charge in [0.1, 0.15) is 5.82 Å². The molecule has 1 aliphatic rings. The van der Waals surface area contributed by atoms with E-state index in [1.54, 1.807) is 42.5 Å². The number of carbonyl (C=O) groups is 3. The molecule has 0 aliphatic carbocycles. The Labute approximate surface area is 203 Å². The highest BCUT2D eigenvalue weighted by atomic mass is 32.2. The molecular weight excluding hydrogens is 468 g/mol. The first-order valence-electron chi connectivity index (χ1n) is 11.1. The molecule has 2 aromatic carbocycles. The van der Waals surface area contributed by atoms with Crippen LogP contribution in [0.1, 0.15) is 46.4 Å². The number of carbonyl (C=O) groups excluding carboxylic acids is 3. The van der Waals surface area contributed by atoms with Crippen LogP contribution < -0.4 is 10.0 Å². The predicted octanol–water partition coefficient (Wildman–Crippen LogP) is 3.68. The molecule has 2 N–H and O–H groups in total. The fourth-order valence-corrected chi connectivity index (χ4v) is 4.74. The standard InChI is InChI=1S/C25H24N4O5S/c30-23(11-2-1-7-17-29-24(31)20-8-3-4-9-21(20)25(29)32)27-18-12-14-19(15-13-18)35(33,34)28-22-10-5-6-16-26-22/h3-6,8-10,12-16H,1-2,7,11,17H2,(H,26,28)(H,27,30). The van der Waals surface area contributed by atoms with Crippen molar-refractivity contribution in [3.05, 3.63) is 84.1 Å². The molecule has 4 rings (SSSR count). The van der Waals surface area contributed by atoms with E-state index in [0.29, 0.717) is 42.6 Å². The second-order valence-corrected chi connectivity index (χ2v) is 9.69. The lowest BCUT2D eigenvalue weighted by molar-refractivity contribution is -0.116. The van der Waals surface area contributed by atoms with Gasteiger partial charge in [-0.2, -0.15) is 0 Å². The molecule has 1 aromatic heterocycles. The monoisotopic (exact) mass is 492 g/mol. The smallest absolute Gasteiger partial charge is 0.263 e. The second-order valence-electron chi connectivity index (χ2n) is 8.01. The number of aromatic nitrogens is 1. The number of nitrogens with one attached hydrogen (secondary N) is 2. The van der Waals surface area contributed by atoms with E-state index in [1.165, 1.54) is 35.4 Å². The Morgan fingerprint density at radius 1 is 0.829 bits per heavy atom. The van der Waals surface area contributed by atoms with E-state index in [4.69, 9.17) is 0 Å². The lowest BCUT2D eigenvalue weighted by atomic mass is 10.1. The lowest BCUT2D eigenvalue weighted by Gasteiger charge is -2.13. The van der Waals surface area contributed by atoms with Crippen LogP contribution in [0.15, 0.2) is 77.8 Å². The third kappa shape index (κ3) is 5.72. The molecule has 2 heterocycles. The highest BCUT2D eigenvalue weighted by molar-refractivity contribution is 7.92. The van der Waals surface area contributed by atoms with E-state index in [1.807, 2.05) is 0 Å². The van der Waals surface area contributed by atoms with E-state index in [-0.39, 0.29) is 34.9 Å². The summed E-state index contributed by atoms with van der Waals surface area (Å²) >= 11 is 0. The first-order chi connectivity index (χ1) is 16.8. The molecule has 0 unspecified atom stereocenters. The Bertz CT molecular complexity index is 1310. The van der Waals surface area contributed by atoms with Gasteiger partial charge in [-0.15, -0.1) is 0 Å². The van der Waals surface area contributed by atoms with Crippen molar-refractivity contribution in [2.45, 2.75) is 30.6 Å². The highest BCUT2D eigenvalue weighted by Gasteiger charge is 2.34. The number of hydrogen-bond donors (Lipinski definition) is 2. The van der Waals surface area contributed by atoms with Crippen LogP contribution in [0.25, 0.3) is 0 Å². The van der Waals surface area contributed by atoms with E-state index in [0.717, 1.165) is 0 Å². The van der Waals surface area contributed by atoms with Gasteiger partial charge >= 0.3 is 0 Å². The Kier molecular flexibility index (Phi) is 7.21. The second kappa shape index (κ2) is 10.5. The number of anilines is 2.